The van der Waals surface area contributed by atoms with Crippen molar-refractivity contribution >= 4 is 5.82 Å². The Morgan fingerprint density at radius 3 is 2.40 bits per heavy atom. The Morgan fingerprint density at radius 1 is 1.20 bits per heavy atom. The summed E-state index contributed by atoms with van der Waals surface area (Å²) in [5.41, 5.74) is 9.01. The lowest BCUT2D eigenvalue weighted by Crippen LogP contribution is -2.04. The maximum absolute atomic E-state index is 5.93. The van der Waals surface area contributed by atoms with Crippen molar-refractivity contribution in [2.75, 3.05) is 5.73 Å². The van der Waals surface area contributed by atoms with Crippen molar-refractivity contribution < 1.29 is 0 Å². The number of pyridine rings is 1. The monoisotopic (exact) mass is 202 g/mol. The van der Waals surface area contributed by atoms with Gasteiger partial charge in [-0.05, 0) is 32.4 Å². The van der Waals surface area contributed by atoms with Crippen LogP contribution in [0.25, 0.3) is 5.82 Å². The second-order valence-corrected chi connectivity index (χ2v) is 3.70. The lowest BCUT2D eigenvalue weighted by atomic mass is 10.3. The number of rotatable bonds is 1. The maximum Gasteiger partial charge on any atom is 0.155 e. The number of aryl methyl sites for hydroxylation is 2. The Bertz CT molecular complexity index is 482. The van der Waals surface area contributed by atoms with Crippen LogP contribution in [-0.4, -0.2) is 14.8 Å². The van der Waals surface area contributed by atoms with Gasteiger partial charge in [0.15, 0.2) is 5.82 Å². The number of nitrogen functional groups attached to an aromatic ring is 1. The van der Waals surface area contributed by atoms with Crippen molar-refractivity contribution in [1.82, 2.24) is 14.8 Å². The van der Waals surface area contributed by atoms with Crippen LogP contribution < -0.4 is 5.73 Å². The molecule has 0 aromatic carbocycles. The van der Waals surface area contributed by atoms with E-state index in [0.29, 0.717) is 5.82 Å². The molecule has 0 saturated carbocycles. The van der Waals surface area contributed by atoms with E-state index in [-0.39, 0.29) is 0 Å². The molecule has 0 radical (unpaired) electrons. The average molecular weight is 202 g/mol. The summed E-state index contributed by atoms with van der Waals surface area (Å²) in [6.07, 6.45) is 1.81. The van der Waals surface area contributed by atoms with Crippen LogP contribution in [-0.2, 0) is 0 Å². The largest absolute Gasteiger partial charge is 0.383 e. The molecule has 0 saturated heterocycles. The molecule has 78 valence electrons. The standard InChI is InChI=1S/C11H14N4/c1-7-4-5-10(13-6-7)15-11(12)8(2)9(3)14-15/h4-6H,12H2,1-3H3. The summed E-state index contributed by atoms with van der Waals surface area (Å²) < 4.78 is 1.67. The number of nitrogens with two attached hydrogens (primary N) is 1. The van der Waals surface area contributed by atoms with Gasteiger partial charge >= 0.3 is 0 Å². The fourth-order valence-electron chi connectivity index (χ4n) is 1.38. The summed E-state index contributed by atoms with van der Waals surface area (Å²) in [6.45, 7) is 5.90. The average Bonchev–Trinajstić information content (AvgIpc) is 2.47. The fourth-order valence-corrected chi connectivity index (χ4v) is 1.38. The molecule has 2 aromatic rings. The molecule has 4 heteroatoms. The van der Waals surface area contributed by atoms with Crippen molar-refractivity contribution in [3.05, 3.63) is 35.2 Å². The highest BCUT2D eigenvalue weighted by atomic mass is 15.3. The summed E-state index contributed by atoms with van der Waals surface area (Å²) >= 11 is 0. The molecule has 15 heavy (non-hydrogen) atoms. The zero-order valence-corrected chi connectivity index (χ0v) is 9.15. The van der Waals surface area contributed by atoms with E-state index in [0.717, 1.165) is 22.6 Å². The smallest absolute Gasteiger partial charge is 0.155 e. The topological polar surface area (TPSA) is 56.7 Å². The molecule has 2 heterocycles. The Hall–Kier alpha value is -1.84. The Kier molecular flexibility index (Phi) is 2.19. The van der Waals surface area contributed by atoms with Crippen molar-refractivity contribution in [2.45, 2.75) is 20.8 Å². The van der Waals surface area contributed by atoms with Crippen LogP contribution >= 0.6 is 0 Å². The lowest BCUT2D eigenvalue weighted by Gasteiger charge is -2.02. The molecular formula is C11H14N4. The second kappa shape index (κ2) is 3.38. The van der Waals surface area contributed by atoms with Crippen LogP contribution in [0.2, 0.25) is 0 Å². The first kappa shape index (κ1) is 9.71. The first-order valence-corrected chi connectivity index (χ1v) is 4.84. The molecule has 4 nitrogen and oxygen atoms in total. The van der Waals surface area contributed by atoms with Crippen LogP contribution in [0.15, 0.2) is 18.3 Å². The zero-order valence-electron chi connectivity index (χ0n) is 9.15. The van der Waals surface area contributed by atoms with Gasteiger partial charge in [0, 0.05) is 11.8 Å². The third-order valence-corrected chi connectivity index (χ3v) is 2.52. The van der Waals surface area contributed by atoms with E-state index in [2.05, 4.69) is 10.1 Å². The zero-order chi connectivity index (χ0) is 11.0. The van der Waals surface area contributed by atoms with Gasteiger partial charge in [-0.25, -0.2) is 4.98 Å². The van der Waals surface area contributed by atoms with Crippen molar-refractivity contribution in [1.29, 1.82) is 0 Å². The molecular weight excluding hydrogens is 188 g/mol. The van der Waals surface area contributed by atoms with Gasteiger partial charge in [-0.15, -0.1) is 0 Å². The van der Waals surface area contributed by atoms with Crippen LogP contribution in [0.4, 0.5) is 5.82 Å². The molecule has 0 spiro atoms. The van der Waals surface area contributed by atoms with Gasteiger partial charge in [-0.2, -0.15) is 9.78 Å². The molecule has 2 rings (SSSR count). The predicted molar refractivity (Wildman–Crippen MR) is 60.0 cm³/mol. The SMILES string of the molecule is Cc1ccc(-n2nc(C)c(C)c2N)nc1. The minimum atomic E-state index is 0.656. The van der Waals surface area contributed by atoms with Crippen LogP contribution in [0.5, 0.6) is 0 Å². The highest BCUT2D eigenvalue weighted by Crippen LogP contribution is 2.18. The van der Waals surface area contributed by atoms with Crippen LogP contribution in [0.3, 0.4) is 0 Å². The summed E-state index contributed by atoms with van der Waals surface area (Å²) in [4.78, 5) is 4.28. The normalized spacial score (nSPS) is 10.6. The number of nitrogens with zero attached hydrogens (tertiary/aromatic N) is 3. The molecule has 2 aromatic heterocycles. The number of hydrogen-bond acceptors (Lipinski definition) is 3. The third-order valence-electron chi connectivity index (χ3n) is 2.52. The van der Waals surface area contributed by atoms with Gasteiger partial charge in [0.25, 0.3) is 0 Å². The second-order valence-electron chi connectivity index (χ2n) is 3.70. The molecule has 0 atom stereocenters. The number of aromatic nitrogens is 3. The Morgan fingerprint density at radius 2 is 1.93 bits per heavy atom. The molecule has 2 N–H and O–H groups in total. The lowest BCUT2D eigenvalue weighted by molar-refractivity contribution is 0.840. The van der Waals surface area contributed by atoms with E-state index in [1.807, 2.05) is 32.9 Å². The number of anilines is 1. The van der Waals surface area contributed by atoms with E-state index in [9.17, 15) is 0 Å². The molecule has 0 bridgehead atoms. The maximum atomic E-state index is 5.93. The van der Waals surface area contributed by atoms with Gasteiger partial charge in [-0.1, -0.05) is 6.07 Å². The highest BCUT2D eigenvalue weighted by molar-refractivity contribution is 5.47. The highest BCUT2D eigenvalue weighted by Gasteiger charge is 2.09. The third kappa shape index (κ3) is 1.58. The quantitative estimate of drug-likeness (QED) is 0.766. The van der Waals surface area contributed by atoms with E-state index >= 15 is 0 Å². The van der Waals surface area contributed by atoms with Crippen molar-refractivity contribution in [2.24, 2.45) is 0 Å². The Balaban J connectivity index is 2.54. The van der Waals surface area contributed by atoms with E-state index < -0.39 is 0 Å². The summed E-state index contributed by atoms with van der Waals surface area (Å²) in [7, 11) is 0. The first-order chi connectivity index (χ1) is 7.09. The van der Waals surface area contributed by atoms with Gasteiger partial charge in [0.1, 0.15) is 5.82 Å². The van der Waals surface area contributed by atoms with Gasteiger partial charge in [0.05, 0.1) is 5.69 Å². The molecule has 0 aliphatic heterocycles. The number of hydrogen-bond donors (Lipinski definition) is 1. The molecule has 0 amide bonds. The fraction of sp³-hybridized carbons (Fsp3) is 0.273. The minimum Gasteiger partial charge on any atom is -0.383 e. The van der Waals surface area contributed by atoms with Gasteiger partial charge < -0.3 is 5.73 Å². The van der Waals surface area contributed by atoms with Gasteiger partial charge in [-0.3, -0.25) is 0 Å². The predicted octanol–water partition coefficient (Wildman–Crippen LogP) is 1.77. The van der Waals surface area contributed by atoms with Crippen molar-refractivity contribution in [3.8, 4) is 5.82 Å². The summed E-state index contributed by atoms with van der Waals surface area (Å²) in [5, 5.41) is 4.34. The van der Waals surface area contributed by atoms with Crippen molar-refractivity contribution in [3.63, 3.8) is 0 Å². The van der Waals surface area contributed by atoms with Crippen LogP contribution in [0.1, 0.15) is 16.8 Å². The Labute approximate surface area is 88.8 Å². The molecule has 0 unspecified atom stereocenters. The molecule has 0 fully saturated rings. The molecule has 0 aliphatic carbocycles. The van der Waals surface area contributed by atoms with E-state index in [1.54, 1.807) is 10.9 Å². The van der Waals surface area contributed by atoms with Crippen LogP contribution in [0, 0.1) is 20.8 Å². The first-order valence-electron chi connectivity index (χ1n) is 4.84. The summed E-state index contributed by atoms with van der Waals surface area (Å²) in [5.74, 6) is 1.41. The minimum absolute atomic E-state index is 0.656. The summed E-state index contributed by atoms with van der Waals surface area (Å²) in [6, 6.07) is 3.91. The van der Waals surface area contributed by atoms with E-state index in [4.69, 9.17) is 5.73 Å². The van der Waals surface area contributed by atoms with Gasteiger partial charge in [0.2, 0.25) is 0 Å². The van der Waals surface area contributed by atoms with E-state index in [1.165, 1.54) is 0 Å². The molecule has 0 aliphatic rings.